The van der Waals surface area contributed by atoms with Crippen LogP contribution in [0.5, 0.6) is 11.5 Å². The number of carbonyl (C=O) groups is 2. The van der Waals surface area contributed by atoms with Crippen molar-refractivity contribution in [3.8, 4) is 11.5 Å². The van der Waals surface area contributed by atoms with Gasteiger partial charge in [0.05, 0.1) is 37.0 Å². The SMILES string of the molecule is COc1ccc(C2=C(SCCO)C(=O)N(c3ccc(OC)cc3)C2=O)cc1. The van der Waals surface area contributed by atoms with Crippen molar-refractivity contribution in [3.05, 3.63) is 59.0 Å². The number of anilines is 1. The number of benzene rings is 2. The molecule has 2 aromatic carbocycles. The third-order valence-electron chi connectivity index (χ3n) is 4.09. The summed E-state index contributed by atoms with van der Waals surface area (Å²) in [6.07, 6.45) is 0. The lowest BCUT2D eigenvalue weighted by Crippen LogP contribution is -2.31. The van der Waals surface area contributed by atoms with E-state index in [-0.39, 0.29) is 6.61 Å². The van der Waals surface area contributed by atoms with Gasteiger partial charge in [0.25, 0.3) is 11.8 Å². The summed E-state index contributed by atoms with van der Waals surface area (Å²) < 4.78 is 10.3. The summed E-state index contributed by atoms with van der Waals surface area (Å²) in [5, 5.41) is 9.16. The Morgan fingerprint density at radius 3 is 1.96 bits per heavy atom. The number of methoxy groups -OCH3 is 2. The zero-order valence-electron chi connectivity index (χ0n) is 15.0. The molecule has 0 radical (unpaired) electrons. The van der Waals surface area contributed by atoms with E-state index in [0.29, 0.717) is 39.0 Å². The molecule has 0 unspecified atom stereocenters. The van der Waals surface area contributed by atoms with Gasteiger partial charge in [-0.1, -0.05) is 12.1 Å². The van der Waals surface area contributed by atoms with Crippen molar-refractivity contribution in [1.29, 1.82) is 0 Å². The summed E-state index contributed by atoms with van der Waals surface area (Å²) in [5.41, 5.74) is 1.43. The van der Waals surface area contributed by atoms with Gasteiger partial charge in [0, 0.05) is 5.75 Å². The van der Waals surface area contributed by atoms with E-state index in [1.807, 2.05) is 0 Å². The van der Waals surface area contributed by atoms with Crippen LogP contribution in [0.2, 0.25) is 0 Å². The van der Waals surface area contributed by atoms with E-state index in [1.54, 1.807) is 62.8 Å². The van der Waals surface area contributed by atoms with E-state index < -0.39 is 11.8 Å². The van der Waals surface area contributed by atoms with Crippen molar-refractivity contribution in [1.82, 2.24) is 0 Å². The van der Waals surface area contributed by atoms with Crippen LogP contribution in [0, 0.1) is 0 Å². The second kappa shape index (κ2) is 8.28. The minimum atomic E-state index is -0.394. The summed E-state index contributed by atoms with van der Waals surface area (Å²) in [4.78, 5) is 27.6. The highest BCUT2D eigenvalue weighted by atomic mass is 32.2. The van der Waals surface area contributed by atoms with Gasteiger partial charge in [0.2, 0.25) is 0 Å². The molecule has 1 N–H and O–H groups in total. The highest BCUT2D eigenvalue weighted by molar-refractivity contribution is 8.04. The van der Waals surface area contributed by atoms with Crippen LogP contribution in [0.1, 0.15) is 5.56 Å². The van der Waals surface area contributed by atoms with Crippen LogP contribution in [0.25, 0.3) is 5.57 Å². The predicted molar refractivity (Wildman–Crippen MR) is 105 cm³/mol. The lowest BCUT2D eigenvalue weighted by atomic mass is 10.1. The summed E-state index contributed by atoms with van der Waals surface area (Å²) in [5.74, 6) is 0.832. The molecule has 0 aromatic heterocycles. The molecule has 1 aliphatic rings. The number of hydrogen-bond acceptors (Lipinski definition) is 6. The Balaban J connectivity index is 2.01. The van der Waals surface area contributed by atoms with Gasteiger partial charge in [-0.3, -0.25) is 9.59 Å². The van der Waals surface area contributed by atoms with Crippen molar-refractivity contribution in [2.24, 2.45) is 0 Å². The fraction of sp³-hybridized carbons (Fsp3) is 0.200. The fourth-order valence-corrected chi connectivity index (χ4v) is 3.63. The van der Waals surface area contributed by atoms with Gasteiger partial charge >= 0.3 is 0 Å². The summed E-state index contributed by atoms with van der Waals surface area (Å²) in [7, 11) is 3.11. The smallest absolute Gasteiger partial charge is 0.272 e. The molecule has 0 spiro atoms. The first-order valence-electron chi connectivity index (χ1n) is 8.26. The Kier molecular flexibility index (Phi) is 5.83. The first-order valence-corrected chi connectivity index (χ1v) is 9.24. The Morgan fingerprint density at radius 2 is 1.44 bits per heavy atom. The third-order valence-corrected chi connectivity index (χ3v) is 5.14. The van der Waals surface area contributed by atoms with Gasteiger partial charge < -0.3 is 14.6 Å². The number of carbonyl (C=O) groups excluding carboxylic acids is 2. The Hall–Kier alpha value is -2.77. The van der Waals surface area contributed by atoms with Crippen LogP contribution < -0.4 is 14.4 Å². The highest BCUT2D eigenvalue weighted by Gasteiger charge is 2.40. The van der Waals surface area contributed by atoms with E-state index in [4.69, 9.17) is 14.6 Å². The molecule has 1 aliphatic heterocycles. The monoisotopic (exact) mass is 385 g/mol. The lowest BCUT2D eigenvalue weighted by molar-refractivity contribution is -0.119. The molecule has 3 rings (SSSR count). The molecule has 2 amide bonds. The molecule has 140 valence electrons. The van der Waals surface area contributed by atoms with Crippen molar-refractivity contribution in [3.63, 3.8) is 0 Å². The van der Waals surface area contributed by atoms with Crippen molar-refractivity contribution in [2.45, 2.75) is 0 Å². The normalized spacial score (nSPS) is 14.1. The molecule has 1 heterocycles. The number of thioether (sulfide) groups is 1. The minimum absolute atomic E-state index is 0.0892. The molecular weight excluding hydrogens is 366 g/mol. The molecule has 0 bridgehead atoms. The second-order valence-electron chi connectivity index (χ2n) is 5.65. The van der Waals surface area contributed by atoms with Gasteiger partial charge in [0.1, 0.15) is 11.5 Å². The van der Waals surface area contributed by atoms with Gasteiger partial charge in [-0.2, -0.15) is 0 Å². The maximum absolute atomic E-state index is 13.1. The largest absolute Gasteiger partial charge is 0.497 e. The van der Waals surface area contributed by atoms with Crippen LogP contribution in [0.3, 0.4) is 0 Å². The molecule has 2 aromatic rings. The second-order valence-corrected chi connectivity index (χ2v) is 6.75. The average Bonchev–Trinajstić information content (AvgIpc) is 2.96. The van der Waals surface area contributed by atoms with E-state index in [2.05, 4.69) is 0 Å². The number of aliphatic hydroxyl groups excluding tert-OH is 1. The number of amides is 2. The van der Waals surface area contributed by atoms with E-state index in [0.717, 1.165) is 4.90 Å². The maximum Gasteiger partial charge on any atom is 0.272 e. The van der Waals surface area contributed by atoms with Crippen LogP contribution in [-0.2, 0) is 9.59 Å². The predicted octanol–water partition coefficient (Wildman–Crippen LogP) is 2.71. The molecule has 27 heavy (non-hydrogen) atoms. The van der Waals surface area contributed by atoms with E-state index in [1.165, 1.54) is 11.8 Å². The highest BCUT2D eigenvalue weighted by Crippen LogP contribution is 2.39. The van der Waals surface area contributed by atoms with Crippen LogP contribution in [-0.4, -0.2) is 43.5 Å². The fourth-order valence-electron chi connectivity index (χ4n) is 2.77. The van der Waals surface area contributed by atoms with Gasteiger partial charge in [-0.05, 0) is 42.0 Å². The number of aliphatic hydroxyl groups is 1. The average molecular weight is 385 g/mol. The first-order chi connectivity index (χ1) is 13.1. The van der Waals surface area contributed by atoms with Crippen molar-refractivity contribution < 1.29 is 24.2 Å². The van der Waals surface area contributed by atoms with E-state index >= 15 is 0 Å². The zero-order valence-corrected chi connectivity index (χ0v) is 15.8. The van der Waals surface area contributed by atoms with E-state index in [9.17, 15) is 9.59 Å². The first kappa shape index (κ1) is 19.0. The Morgan fingerprint density at radius 1 is 0.889 bits per heavy atom. The van der Waals surface area contributed by atoms with Crippen molar-refractivity contribution in [2.75, 3.05) is 31.5 Å². The number of rotatable bonds is 7. The summed E-state index contributed by atoms with van der Waals surface area (Å²) >= 11 is 1.18. The topological polar surface area (TPSA) is 76.1 Å². The molecule has 0 saturated carbocycles. The quantitative estimate of drug-likeness (QED) is 0.739. The number of ether oxygens (including phenoxy) is 2. The van der Waals surface area contributed by atoms with Gasteiger partial charge in [-0.15, -0.1) is 11.8 Å². The Labute approximate surface area is 161 Å². The van der Waals surface area contributed by atoms with Crippen LogP contribution in [0.4, 0.5) is 5.69 Å². The number of hydrogen-bond donors (Lipinski definition) is 1. The standard InChI is InChI=1S/C20H19NO5S/c1-25-15-7-3-13(4-8-15)17-18(27-12-11-22)20(24)21(19(17)23)14-5-9-16(26-2)10-6-14/h3-10,22H,11-12H2,1-2H3. The molecule has 7 heteroatoms. The third kappa shape index (κ3) is 3.70. The lowest BCUT2D eigenvalue weighted by Gasteiger charge is -2.15. The zero-order chi connectivity index (χ0) is 19.4. The van der Waals surface area contributed by atoms with Gasteiger partial charge in [-0.25, -0.2) is 4.90 Å². The van der Waals surface area contributed by atoms with Crippen molar-refractivity contribution >= 4 is 34.8 Å². The summed E-state index contributed by atoms with van der Waals surface area (Å²) in [6.45, 7) is -0.0892. The molecule has 0 saturated heterocycles. The van der Waals surface area contributed by atoms with Crippen LogP contribution >= 0.6 is 11.8 Å². The molecular formula is C20H19NO5S. The molecule has 6 nitrogen and oxygen atoms in total. The molecule has 0 atom stereocenters. The molecule has 0 aliphatic carbocycles. The maximum atomic E-state index is 13.1. The number of imide groups is 1. The minimum Gasteiger partial charge on any atom is -0.497 e. The summed E-state index contributed by atoms with van der Waals surface area (Å²) in [6, 6.07) is 13.7. The van der Waals surface area contributed by atoms with Crippen LogP contribution in [0.15, 0.2) is 53.4 Å². The van der Waals surface area contributed by atoms with Gasteiger partial charge in [0.15, 0.2) is 0 Å². The Bertz CT molecular complexity index is 874. The number of nitrogens with zero attached hydrogens (tertiary/aromatic N) is 1. The molecule has 0 fully saturated rings.